The van der Waals surface area contributed by atoms with Gasteiger partial charge in [0.15, 0.2) is 5.69 Å². The second kappa shape index (κ2) is 8.48. The van der Waals surface area contributed by atoms with Crippen LogP contribution in [-0.2, 0) is 24.8 Å². The maximum atomic E-state index is 13.4. The summed E-state index contributed by atoms with van der Waals surface area (Å²) in [6.45, 7) is 4.84. The number of hydrogen-bond acceptors (Lipinski definition) is 5. The summed E-state index contributed by atoms with van der Waals surface area (Å²) in [6, 6.07) is 15.9. The van der Waals surface area contributed by atoms with Gasteiger partial charge < -0.3 is 14.6 Å². The Morgan fingerprint density at radius 1 is 1.15 bits per heavy atom. The molecule has 7 nitrogen and oxygen atoms in total. The first-order valence-electron chi connectivity index (χ1n) is 11.5. The Hall–Kier alpha value is -3.87. The molecule has 1 aliphatic heterocycles. The van der Waals surface area contributed by atoms with E-state index in [1.807, 2.05) is 62.0 Å². The third-order valence-electron chi connectivity index (χ3n) is 6.65. The summed E-state index contributed by atoms with van der Waals surface area (Å²) in [4.78, 5) is 25.8. The Morgan fingerprint density at radius 3 is 2.65 bits per heavy atom. The SMILES string of the molecule is COC(=O)c1nn2c(c1NC(C)c1cc(C)cc3c(=O)n(C)c(-c4ccccc4)cc13)CCC2. The highest BCUT2D eigenvalue weighted by atomic mass is 16.5. The predicted molar refractivity (Wildman–Crippen MR) is 133 cm³/mol. The van der Waals surface area contributed by atoms with Crippen LogP contribution in [0, 0.1) is 6.92 Å². The summed E-state index contributed by atoms with van der Waals surface area (Å²) in [5.74, 6) is -0.453. The van der Waals surface area contributed by atoms with E-state index in [1.54, 1.807) is 4.57 Å². The molecule has 34 heavy (non-hydrogen) atoms. The predicted octanol–water partition coefficient (Wildman–Crippen LogP) is 4.62. The lowest BCUT2D eigenvalue weighted by Gasteiger charge is -2.20. The minimum Gasteiger partial charge on any atom is -0.464 e. The normalized spacial score (nSPS) is 13.6. The van der Waals surface area contributed by atoms with Crippen molar-refractivity contribution >= 4 is 22.4 Å². The third-order valence-corrected chi connectivity index (χ3v) is 6.65. The topological polar surface area (TPSA) is 78.2 Å². The van der Waals surface area contributed by atoms with Gasteiger partial charge in [-0.05, 0) is 60.9 Å². The van der Waals surface area contributed by atoms with E-state index < -0.39 is 5.97 Å². The monoisotopic (exact) mass is 456 g/mol. The zero-order valence-electron chi connectivity index (χ0n) is 19.9. The molecule has 0 amide bonds. The number of fused-ring (bicyclic) bond motifs is 2. The molecule has 0 radical (unpaired) electrons. The van der Waals surface area contributed by atoms with Crippen molar-refractivity contribution in [3.8, 4) is 11.3 Å². The number of pyridine rings is 1. The lowest BCUT2D eigenvalue weighted by molar-refractivity contribution is 0.0594. The molecule has 7 heteroatoms. The van der Waals surface area contributed by atoms with Gasteiger partial charge in [-0.25, -0.2) is 4.79 Å². The Bertz CT molecular complexity index is 1470. The molecule has 4 aromatic rings. The number of benzene rings is 2. The van der Waals surface area contributed by atoms with E-state index >= 15 is 0 Å². The summed E-state index contributed by atoms with van der Waals surface area (Å²) in [7, 11) is 3.18. The van der Waals surface area contributed by atoms with Gasteiger partial charge in [-0.2, -0.15) is 5.10 Å². The third kappa shape index (κ3) is 3.57. The summed E-state index contributed by atoms with van der Waals surface area (Å²) in [6.07, 6.45) is 1.85. The lowest BCUT2D eigenvalue weighted by atomic mass is 9.96. The van der Waals surface area contributed by atoms with E-state index in [2.05, 4.69) is 22.5 Å². The second-order valence-corrected chi connectivity index (χ2v) is 8.93. The number of esters is 1. The number of aromatic nitrogens is 3. The first kappa shape index (κ1) is 21.9. The molecule has 1 N–H and O–H groups in total. The summed E-state index contributed by atoms with van der Waals surface area (Å²) >= 11 is 0. The maximum absolute atomic E-state index is 13.4. The van der Waals surface area contributed by atoms with Gasteiger partial charge in [-0.15, -0.1) is 0 Å². The van der Waals surface area contributed by atoms with E-state index in [0.29, 0.717) is 11.1 Å². The largest absolute Gasteiger partial charge is 0.464 e. The van der Waals surface area contributed by atoms with Gasteiger partial charge in [0, 0.05) is 25.0 Å². The highest BCUT2D eigenvalue weighted by Crippen LogP contribution is 2.34. The average molecular weight is 457 g/mol. The van der Waals surface area contributed by atoms with Crippen molar-refractivity contribution in [3.05, 3.63) is 81.4 Å². The molecular weight excluding hydrogens is 428 g/mol. The van der Waals surface area contributed by atoms with Crippen LogP contribution in [0.1, 0.15) is 46.7 Å². The minimum atomic E-state index is -0.453. The molecule has 1 unspecified atom stereocenters. The average Bonchev–Trinajstić information content (AvgIpc) is 3.44. The molecule has 1 aliphatic rings. The number of carbonyl (C=O) groups is 1. The van der Waals surface area contributed by atoms with Gasteiger partial charge >= 0.3 is 5.97 Å². The minimum absolute atomic E-state index is 0.0322. The van der Waals surface area contributed by atoms with Crippen LogP contribution in [0.15, 0.2) is 53.3 Å². The Balaban J connectivity index is 1.66. The smallest absolute Gasteiger partial charge is 0.360 e. The van der Waals surface area contributed by atoms with E-state index in [-0.39, 0.29) is 11.6 Å². The zero-order chi connectivity index (χ0) is 24.0. The van der Waals surface area contributed by atoms with Gasteiger partial charge in [-0.1, -0.05) is 36.4 Å². The van der Waals surface area contributed by atoms with Crippen molar-refractivity contribution in [2.75, 3.05) is 12.4 Å². The van der Waals surface area contributed by atoms with Crippen LogP contribution < -0.4 is 10.9 Å². The van der Waals surface area contributed by atoms with Crippen molar-refractivity contribution in [2.45, 2.75) is 39.3 Å². The maximum Gasteiger partial charge on any atom is 0.360 e. The molecule has 0 fully saturated rings. The number of aryl methyl sites for hydroxylation is 2. The summed E-state index contributed by atoms with van der Waals surface area (Å²) in [5.41, 5.74) is 5.87. The Kier molecular flexibility index (Phi) is 5.48. The fourth-order valence-corrected chi connectivity index (χ4v) is 4.95. The first-order valence-corrected chi connectivity index (χ1v) is 11.5. The van der Waals surface area contributed by atoms with E-state index in [9.17, 15) is 9.59 Å². The van der Waals surface area contributed by atoms with E-state index in [1.165, 1.54) is 7.11 Å². The highest BCUT2D eigenvalue weighted by Gasteiger charge is 2.28. The molecule has 2 aromatic heterocycles. The second-order valence-electron chi connectivity index (χ2n) is 8.93. The van der Waals surface area contributed by atoms with Crippen molar-refractivity contribution < 1.29 is 9.53 Å². The van der Waals surface area contributed by atoms with Gasteiger partial charge in [0.1, 0.15) is 0 Å². The zero-order valence-corrected chi connectivity index (χ0v) is 19.9. The van der Waals surface area contributed by atoms with E-state index in [0.717, 1.165) is 58.5 Å². The standard InChI is InChI=1S/C27H28N4O3/c1-16-13-19(17(2)28-24-22-11-8-12-31(22)29-25(24)27(33)34-4)20-15-23(18-9-6-5-7-10-18)30(3)26(32)21(20)14-16/h5-7,9-10,13-15,17,28H,8,11-12H2,1-4H3. The molecule has 0 saturated carbocycles. The number of carbonyl (C=O) groups excluding carboxylic acids is 1. The Morgan fingerprint density at radius 2 is 1.91 bits per heavy atom. The quantitative estimate of drug-likeness (QED) is 0.444. The van der Waals surface area contributed by atoms with Crippen molar-refractivity contribution in [3.63, 3.8) is 0 Å². The molecule has 5 rings (SSSR count). The van der Waals surface area contributed by atoms with Gasteiger partial charge in [-0.3, -0.25) is 9.48 Å². The molecule has 1 atom stereocenters. The molecule has 0 spiro atoms. The summed E-state index contributed by atoms with van der Waals surface area (Å²) < 4.78 is 8.58. The highest BCUT2D eigenvalue weighted by molar-refractivity contribution is 5.95. The molecule has 2 aromatic carbocycles. The van der Waals surface area contributed by atoms with Crippen LogP contribution in [0.2, 0.25) is 0 Å². The van der Waals surface area contributed by atoms with Crippen LogP contribution >= 0.6 is 0 Å². The molecule has 3 heterocycles. The van der Waals surface area contributed by atoms with Crippen molar-refractivity contribution in [1.82, 2.24) is 14.3 Å². The number of nitrogens with one attached hydrogen (secondary N) is 1. The van der Waals surface area contributed by atoms with Crippen LogP contribution in [0.5, 0.6) is 0 Å². The first-order chi connectivity index (χ1) is 16.4. The van der Waals surface area contributed by atoms with Crippen molar-refractivity contribution in [1.29, 1.82) is 0 Å². The Labute approximate surface area is 198 Å². The summed E-state index contributed by atoms with van der Waals surface area (Å²) in [5, 5.41) is 9.61. The van der Waals surface area contributed by atoms with Crippen molar-refractivity contribution in [2.24, 2.45) is 7.05 Å². The fraction of sp³-hybridized carbons (Fsp3) is 0.296. The van der Waals surface area contributed by atoms with Crippen LogP contribution in [0.3, 0.4) is 0 Å². The molecule has 0 aliphatic carbocycles. The van der Waals surface area contributed by atoms with Gasteiger partial charge in [0.2, 0.25) is 0 Å². The lowest BCUT2D eigenvalue weighted by Crippen LogP contribution is -2.20. The number of hydrogen-bond donors (Lipinski definition) is 1. The number of anilines is 1. The molecular formula is C27H28N4O3. The van der Waals surface area contributed by atoms with Crippen LogP contribution in [0.25, 0.3) is 22.0 Å². The molecule has 0 saturated heterocycles. The number of methoxy groups -OCH3 is 1. The van der Waals surface area contributed by atoms with Crippen LogP contribution in [0.4, 0.5) is 5.69 Å². The van der Waals surface area contributed by atoms with E-state index in [4.69, 9.17) is 4.74 Å². The van der Waals surface area contributed by atoms with Gasteiger partial charge in [0.05, 0.1) is 24.2 Å². The number of ether oxygens (including phenoxy) is 1. The molecule has 174 valence electrons. The molecule has 0 bridgehead atoms. The fourth-order valence-electron chi connectivity index (χ4n) is 4.95. The van der Waals surface area contributed by atoms with Gasteiger partial charge in [0.25, 0.3) is 5.56 Å². The van der Waals surface area contributed by atoms with Crippen LogP contribution in [-0.4, -0.2) is 27.4 Å². The number of rotatable bonds is 5. The number of nitrogens with zero attached hydrogens (tertiary/aromatic N) is 3.